The molecule has 0 spiro atoms. The summed E-state index contributed by atoms with van der Waals surface area (Å²) < 4.78 is 20.0. The van der Waals surface area contributed by atoms with Crippen LogP contribution >= 0.6 is 0 Å². The van der Waals surface area contributed by atoms with Crippen LogP contribution in [0.1, 0.15) is 34.1 Å². The summed E-state index contributed by atoms with van der Waals surface area (Å²) in [6.07, 6.45) is 2.02. The van der Waals surface area contributed by atoms with Crippen LogP contribution in [0.2, 0.25) is 0 Å². The smallest absolute Gasteiger partial charge is 0.119 e. The first-order valence-corrected chi connectivity index (χ1v) is 11.6. The highest BCUT2D eigenvalue weighted by atomic mass is 16.6. The van der Waals surface area contributed by atoms with Crippen LogP contribution in [0, 0.1) is 0 Å². The maximum Gasteiger partial charge on any atom is 0.119 e. The van der Waals surface area contributed by atoms with E-state index in [4.69, 9.17) is 18.9 Å². The minimum absolute atomic E-state index is 0.343. The maximum atomic E-state index is 5.40. The van der Waals surface area contributed by atoms with E-state index in [-0.39, 0.29) is 0 Å². The Hall–Kier alpha value is -2.40. The molecule has 0 amide bonds. The second-order valence-corrected chi connectivity index (χ2v) is 7.04. The van der Waals surface area contributed by atoms with E-state index in [1.165, 1.54) is 17.2 Å². The van der Waals surface area contributed by atoms with Crippen LogP contribution in [-0.2, 0) is 14.2 Å². The van der Waals surface area contributed by atoms with Gasteiger partial charge in [-0.05, 0) is 22.9 Å². The van der Waals surface area contributed by atoms with Crippen LogP contribution in [0.15, 0.2) is 78.9 Å². The van der Waals surface area contributed by atoms with Crippen LogP contribution in [0.5, 0.6) is 5.75 Å². The number of methoxy groups -OCH3 is 1. The van der Waals surface area contributed by atoms with Crippen LogP contribution in [-0.4, -0.2) is 45.7 Å². The standard InChI is InChI=1S/C10H8.C9H10O2.C4H8O2.C3H8.C2H6/c1-2-6-10-8-4-3-7-9(10)5-1;1-2-4-8(5-3-1)10-6-9-7-11-9;1-5-2-4-3-6-4;1-3-2;1-2/h1-8H;1-5,9H,6-7H2;4H,2-3H2,1H3;3H2,1-2H3;1-2H3. The molecule has 0 saturated carbocycles. The lowest BCUT2D eigenvalue weighted by molar-refractivity contribution is 0.171. The molecule has 4 heteroatoms. The lowest BCUT2D eigenvalue weighted by Gasteiger charge is -2.01. The summed E-state index contributed by atoms with van der Waals surface area (Å²) >= 11 is 0. The molecular weight excluding hydrogens is 400 g/mol. The summed E-state index contributed by atoms with van der Waals surface area (Å²) in [4.78, 5) is 0. The average Bonchev–Trinajstić information content (AvgIpc) is 3.78. The van der Waals surface area contributed by atoms with Gasteiger partial charge in [-0.15, -0.1) is 0 Å². The number of rotatable bonds is 5. The SMILES string of the molecule is CC.CCC.COCC1CO1.c1ccc(OCC2CO2)cc1.c1ccc2ccccc2c1. The number of benzene rings is 3. The molecule has 176 valence electrons. The molecular formula is C28H40O4. The van der Waals surface area contributed by atoms with Crippen LogP contribution in [0.4, 0.5) is 0 Å². The molecule has 2 aliphatic heterocycles. The summed E-state index contributed by atoms with van der Waals surface area (Å²) in [6.45, 7) is 11.4. The fourth-order valence-corrected chi connectivity index (χ4v) is 2.35. The van der Waals surface area contributed by atoms with Gasteiger partial charge < -0.3 is 18.9 Å². The van der Waals surface area contributed by atoms with Crippen molar-refractivity contribution in [3.05, 3.63) is 78.9 Å². The molecule has 2 heterocycles. The van der Waals surface area contributed by atoms with E-state index < -0.39 is 0 Å². The van der Waals surface area contributed by atoms with Crippen molar-refractivity contribution in [2.45, 2.75) is 46.3 Å². The van der Waals surface area contributed by atoms with Crippen molar-refractivity contribution in [1.29, 1.82) is 0 Å². The molecule has 0 radical (unpaired) electrons. The Kier molecular flexibility index (Phi) is 15.7. The van der Waals surface area contributed by atoms with Crippen molar-refractivity contribution >= 4 is 10.8 Å². The van der Waals surface area contributed by atoms with E-state index >= 15 is 0 Å². The third kappa shape index (κ3) is 13.8. The second-order valence-electron chi connectivity index (χ2n) is 7.04. The fourth-order valence-electron chi connectivity index (χ4n) is 2.35. The van der Waals surface area contributed by atoms with E-state index in [2.05, 4.69) is 62.4 Å². The van der Waals surface area contributed by atoms with Gasteiger partial charge in [0.2, 0.25) is 0 Å². The van der Waals surface area contributed by atoms with Gasteiger partial charge in [0.05, 0.1) is 19.8 Å². The van der Waals surface area contributed by atoms with E-state index in [1.54, 1.807) is 7.11 Å². The molecule has 2 atom stereocenters. The molecule has 2 fully saturated rings. The first kappa shape index (κ1) is 27.6. The van der Waals surface area contributed by atoms with E-state index in [0.29, 0.717) is 18.8 Å². The van der Waals surface area contributed by atoms with Crippen molar-refractivity contribution < 1.29 is 18.9 Å². The number of epoxide rings is 2. The van der Waals surface area contributed by atoms with Crippen LogP contribution in [0.25, 0.3) is 10.8 Å². The average molecular weight is 441 g/mol. The topological polar surface area (TPSA) is 43.5 Å². The number of ether oxygens (including phenoxy) is 4. The van der Waals surface area contributed by atoms with Crippen molar-refractivity contribution in [3.8, 4) is 5.75 Å². The molecule has 2 saturated heterocycles. The molecule has 4 nitrogen and oxygen atoms in total. The van der Waals surface area contributed by atoms with Crippen molar-refractivity contribution in [3.63, 3.8) is 0 Å². The van der Waals surface area contributed by atoms with Crippen molar-refractivity contribution in [2.24, 2.45) is 0 Å². The normalized spacial score (nSPS) is 16.9. The van der Waals surface area contributed by atoms with E-state index in [1.807, 2.05) is 44.2 Å². The molecule has 0 N–H and O–H groups in total. The van der Waals surface area contributed by atoms with E-state index in [9.17, 15) is 0 Å². The Labute approximate surface area is 194 Å². The summed E-state index contributed by atoms with van der Waals surface area (Å²) in [5.41, 5.74) is 0. The second kappa shape index (κ2) is 18.2. The molecule has 2 aliphatic rings. The van der Waals surface area contributed by atoms with Gasteiger partial charge in [-0.1, -0.05) is 101 Å². The zero-order chi connectivity index (χ0) is 23.4. The Balaban J connectivity index is 0.000000225. The Morgan fingerprint density at radius 1 is 0.688 bits per heavy atom. The molecule has 0 bridgehead atoms. The molecule has 3 aromatic carbocycles. The first-order chi connectivity index (χ1) is 15.8. The van der Waals surface area contributed by atoms with Gasteiger partial charge in [0.25, 0.3) is 0 Å². The highest BCUT2D eigenvalue weighted by molar-refractivity contribution is 5.81. The third-order valence-electron chi connectivity index (χ3n) is 4.00. The molecule has 32 heavy (non-hydrogen) atoms. The number of hydrogen-bond donors (Lipinski definition) is 0. The molecule has 0 aliphatic carbocycles. The maximum absolute atomic E-state index is 5.40. The molecule has 0 aromatic heterocycles. The quantitative estimate of drug-likeness (QED) is 0.410. The Morgan fingerprint density at radius 2 is 1.06 bits per heavy atom. The molecule has 2 unspecified atom stereocenters. The number of hydrogen-bond acceptors (Lipinski definition) is 4. The lowest BCUT2D eigenvalue weighted by Crippen LogP contribution is -2.03. The van der Waals surface area contributed by atoms with Gasteiger partial charge in [-0.2, -0.15) is 0 Å². The van der Waals surface area contributed by atoms with Gasteiger partial charge in [0.1, 0.15) is 24.6 Å². The van der Waals surface area contributed by atoms with Gasteiger partial charge in [-0.3, -0.25) is 0 Å². The minimum atomic E-state index is 0.343. The highest BCUT2D eigenvalue weighted by Gasteiger charge is 2.22. The summed E-state index contributed by atoms with van der Waals surface area (Å²) in [6, 6.07) is 26.5. The minimum Gasteiger partial charge on any atom is -0.491 e. The third-order valence-corrected chi connectivity index (χ3v) is 4.00. The summed E-state index contributed by atoms with van der Waals surface area (Å²) in [5.74, 6) is 0.919. The monoisotopic (exact) mass is 440 g/mol. The number of fused-ring (bicyclic) bond motifs is 1. The zero-order valence-electron chi connectivity index (χ0n) is 20.3. The van der Waals surface area contributed by atoms with Crippen molar-refractivity contribution in [1.82, 2.24) is 0 Å². The number of para-hydroxylation sites is 1. The predicted molar refractivity (Wildman–Crippen MR) is 135 cm³/mol. The Bertz CT molecular complexity index is 733. The van der Waals surface area contributed by atoms with Crippen LogP contribution < -0.4 is 4.74 Å². The predicted octanol–water partition coefficient (Wildman–Crippen LogP) is 6.78. The summed E-state index contributed by atoms with van der Waals surface area (Å²) in [7, 11) is 1.68. The van der Waals surface area contributed by atoms with Gasteiger partial charge in [0.15, 0.2) is 0 Å². The van der Waals surface area contributed by atoms with E-state index in [0.717, 1.165) is 25.6 Å². The van der Waals surface area contributed by atoms with Gasteiger partial charge >= 0.3 is 0 Å². The summed E-state index contributed by atoms with van der Waals surface area (Å²) in [5, 5.41) is 2.62. The fraction of sp³-hybridized carbons (Fsp3) is 0.429. The molecule has 3 aromatic rings. The van der Waals surface area contributed by atoms with Crippen molar-refractivity contribution in [2.75, 3.05) is 33.5 Å². The molecule has 5 rings (SSSR count). The zero-order valence-corrected chi connectivity index (χ0v) is 20.3. The first-order valence-electron chi connectivity index (χ1n) is 11.6. The van der Waals surface area contributed by atoms with Gasteiger partial charge in [-0.25, -0.2) is 0 Å². The van der Waals surface area contributed by atoms with Crippen LogP contribution in [0.3, 0.4) is 0 Å². The van der Waals surface area contributed by atoms with Gasteiger partial charge in [0, 0.05) is 7.11 Å². The lowest BCUT2D eigenvalue weighted by atomic mass is 10.1. The Morgan fingerprint density at radius 3 is 1.41 bits per heavy atom. The highest BCUT2D eigenvalue weighted by Crippen LogP contribution is 2.13. The largest absolute Gasteiger partial charge is 0.491 e.